The Bertz CT molecular complexity index is 803. The Balaban J connectivity index is 1.64. The van der Waals surface area contributed by atoms with Crippen LogP contribution in [0.15, 0.2) is 42.5 Å². The van der Waals surface area contributed by atoms with Crippen molar-refractivity contribution < 1.29 is 0 Å². The van der Waals surface area contributed by atoms with Crippen LogP contribution >= 0.6 is 34.8 Å². The van der Waals surface area contributed by atoms with Crippen LogP contribution in [0.3, 0.4) is 0 Å². The zero-order valence-corrected chi connectivity index (χ0v) is 15.2. The summed E-state index contributed by atoms with van der Waals surface area (Å²) in [6.45, 7) is 2.05. The van der Waals surface area contributed by atoms with Crippen LogP contribution in [0.25, 0.3) is 10.9 Å². The Kier molecular flexibility index (Phi) is 3.82. The highest BCUT2D eigenvalue weighted by atomic mass is 127. The molecule has 1 aliphatic carbocycles. The Morgan fingerprint density at radius 1 is 1.32 bits per heavy atom. The minimum atomic E-state index is 0.579. The van der Waals surface area contributed by atoms with Crippen molar-refractivity contribution in [2.45, 2.75) is 12.8 Å². The molecule has 1 aromatic carbocycles. The molecule has 1 aromatic heterocycles. The van der Waals surface area contributed by atoms with Gasteiger partial charge in [-0.05, 0) is 65.1 Å². The summed E-state index contributed by atoms with van der Waals surface area (Å²) in [6.07, 6.45) is 11.0. The number of nitrogens with one attached hydrogen (secondary N) is 1. The first-order valence-corrected chi connectivity index (χ1v) is 9.14. The number of hydrogen-bond donors (Lipinski definition) is 1. The number of H-pyrrole nitrogens is 1. The lowest BCUT2D eigenvalue weighted by atomic mass is 9.98. The van der Waals surface area contributed by atoms with Crippen molar-refractivity contribution in [3.05, 3.63) is 57.3 Å². The first-order chi connectivity index (χ1) is 10.7. The molecule has 4 heteroatoms. The van der Waals surface area contributed by atoms with E-state index in [9.17, 15) is 0 Å². The molecule has 0 spiro atoms. The van der Waals surface area contributed by atoms with Gasteiger partial charge in [0.1, 0.15) is 4.99 Å². The van der Waals surface area contributed by atoms with Crippen molar-refractivity contribution in [1.29, 1.82) is 0 Å². The Morgan fingerprint density at radius 3 is 3.05 bits per heavy atom. The molecular formula is C18H17IN2S. The zero-order chi connectivity index (χ0) is 15.1. The fourth-order valence-electron chi connectivity index (χ4n) is 3.39. The van der Waals surface area contributed by atoms with E-state index in [4.69, 9.17) is 12.2 Å². The van der Waals surface area contributed by atoms with E-state index in [0.29, 0.717) is 5.92 Å². The van der Waals surface area contributed by atoms with E-state index in [2.05, 4.69) is 75.0 Å². The number of fused-ring (bicyclic) bond motifs is 3. The highest BCUT2D eigenvalue weighted by Crippen LogP contribution is 2.30. The lowest BCUT2D eigenvalue weighted by Gasteiger charge is -2.32. The number of allylic oxidation sites excluding steroid dienone is 3. The van der Waals surface area contributed by atoms with Gasteiger partial charge < -0.3 is 9.88 Å². The predicted octanol–water partition coefficient (Wildman–Crippen LogP) is 4.44. The molecule has 0 saturated heterocycles. The summed E-state index contributed by atoms with van der Waals surface area (Å²) < 4.78 is 1.28. The van der Waals surface area contributed by atoms with Crippen molar-refractivity contribution in [3.8, 4) is 0 Å². The largest absolute Gasteiger partial charge is 0.360 e. The van der Waals surface area contributed by atoms with Crippen LogP contribution in [0.2, 0.25) is 0 Å². The third-order valence-corrected chi connectivity index (χ3v) is 5.66. The van der Waals surface area contributed by atoms with Crippen LogP contribution in [-0.2, 0) is 6.42 Å². The first kappa shape index (κ1) is 14.5. The quantitative estimate of drug-likeness (QED) is 0.573. The topological polar surface area (TPSA) is 19.0 Å². The third-order valence-electron chi connectivity index (χ3n) is 4.53. The highest BCUT2D eigenvalue weighted by Gasteiger charge is 2.26. The second-order valence-electron chi connectivity index (χ2n) is 5.98. The second-order valence-corrected chi connectivity index (χ2v) is 7.61. The number of hydrogen-bond acceptors (Lipinski definition) is 1. The van der Waals surface area contributed by atoms with E-state index < -0.39 is 0 Å². The molecular weight excluding hydrogens is 403 g/mol. The van der Waals surface area contributed by atoms with Crippen LogP contribution in [-0.4, -0.2) is 28.0 Å². The van der Waals surface area contributed by atoms with Crippen LogP contribution in [0.1, 0.15) is 17.7 Å². The van der Waals surface area contributed by atoms with E-state index in [0.717, 1.165) is 36.6 Å². The molecule has 2 heterocycles. The van der Waals surface area contributed by atoms with Gasteiger partial charge in [0.05, 0.1) is 5.69 Å². The molecule has 0 amide bonds. The molecule has 2 aromatic rings. The normalized spacial score (nSPS) is 20.7. The van der Waals surface area contributed by atoms with Gasteiger partial charge in [-0.1, -0.05) is 36.5 Å². The van der Waals surface area contributed by atoms with Gasteiger partial charge in [0.15, 0.2) is 0 Å². The lowest BCUT2D eigenvalue weighted by molar-refractivity contribution is 0.372. The van der Waals surface area contributed by atoms with Gasteiger partial charge in [-0.15, -0.1) is 0 Å². The maximum atomic E-state index is 5.77. The smallest absolute Gasteiger partial charge is 0.126 e. The molecule has 2 aliphatic rings. The molecule has 0 fully saturated rings. The summed E-state index contributed by atoms with van der Waals surface area (Å²) in [5, 5.41) is 1.34. The van der Waals surface area contributed by atoms with Gasteiger partial charge in [0, 0.05) is 27.6 Å². The fourth-order valence-corrected chi connectivity index (χ4v) is 4.22. The lowest BCUT2D eigenvalue weighted by Crippen LogP contribution is -2.39. The number of benzene rings is 1. The SMILES string of the molecule is S=C1c2[nH]c3ccc(I)cc3c2CCN1CC1C=CC=CC1. The van der Waals surface area contributed by atoms with E-state index >= 15 is 0 Å². The molecule has 0 bridgehead atoms. The summed E-state index contributed by atoms with van der Waals surface area (Å²) >= 11 is 8.15. The summed E-state index contributed by atoms with van der Waals surface area (Å²) in [4.78, 5) is 6.89. The summed E-state index contributed by atoms with van der Waals surface area (Å²) in [6, 6.07) is 6.57. The molecule has 4 rings (SSSR count). The molecule has 0 saturated carbocycles. The number of thiocarbonyl (C=S) groups is 1. The van der Waals surface area contributed by atoms with E-state index in [1.165, 1.54) is 20.0 Å². The van der Waals surface area contributed by atoms with Gasteiger partial charge in [0.25, 0.3) is 0 Å². The van der Waals surface area contributed by atoms with Crippen LogP contribution in [0.5, 0.6) is 0 Å². The predicted molar refractivity (Wildman–Crippen MR) is 104 cm³/mol. The first-order valence-electron chi connectivity index (χ1n) is 7.65. The van der Waals surface area contributed by atoms with Gasteiger partial charge in [-0.25, -0.2) is 0 Å². The Hall–Kier alpha value is -1.14. The second kappa shape index (κ2) is 5.81. The van der Waals surface area contributed by atoms with Crippen molar-refractivity contribution in [3.63, 3.8) is 0 Å². The maximum Gasteiger partial charge on any atom is 0.126 e. The fraction of sp³-hybridized carbons (Fsp3) is 0.278. The van der Waals surface area contributed by atoms with Crippen molar-refractivity contribution in [2.24, 2.45) is 5.92 Å². The van der Waals surface area contributed by atoms with Crippen molar-refractivity contribution >= 4 is 50.7 Å². The molecule has 112 valence electrons. The molecule has 1 aliphatic heterocycles. The van der Waals surface area contributed by atoms with Gasteiger partial charge in [-0.2, -0.15) is 0 Å². The van der Waals surface area contributed by atoms with Crippen LogP contribution in [0, 0.1) is 9.49 Å². The highest BCUT2D eigenvalue weighted by molar-refractivity contribution is 14.1. The minimum Gasteiger partial charge on any atom is -0.360 e. The minimum absolute atomic E-state index is 0.579. The summed E-state index contributed by atoms with van der Waals surface area (Å²) in [5.41, 5.74) is 3.76. The van der Waals surface area contributed by atoms with Crippen LogP contribution in [0.4, 0.5) is 0 Å². The number of nitrogens with zero attached hydrogens (tertiary/aromatic N) is 1. The van der Waals surface area contributed by atoms with E-state index in [1.54, 1.807) is 0 Å². The van der Waals surface area contributed by atoms with Crippen molar-refractivity contribution in [2.75, 3.05) is 13.1 Å². The van der Waals surface area contributed by atoms with Gasteiger partial charge in [-0.3, -0.25) is 0 Å². The van der Waals surface area contributed by atoms with Crippen molar-refractivity contribution in [1.82, 2.24) is 9.88 Å². The van der Waals surface area contributed by atoms with Gasteiger partial charge >= 0.3 is 0 Å². The monoisotopic (exact) mass is 420 g/mol. The zero-order valence-electron chi connectivity index (χ0n) is 12.2. The average Bonchev–Trinajstić information content (AvgIpc) is 2.90. The Morgan fingerprint density at radius 2 is 2.23 bits per heavy atom. The van der Waals surface area contributed by atoms with Crippen LogP contribution < -0.4 is 0 Å². The molecule has 0 radical (unpaired) electrons. The maximum absolute atomic E-state index is 5.77. The number of aromatic amines is 1. The summed E-state index contributed by atoms with van der Waals surface area (Å²) in [7, 11) is 0. The van der Waals surface area contributed by atoms with E-state index in [1.807, 2.05) is 0 Å². The summed E-state index contributed by atoms with van der Waals surface area (Å²) in [5.74, 6) is 0.579. The number of rotatable bonds is 2. The van der Waals surface area contributed by atoms with E-state index in [-0.39, 0.29) is 0 Å². The Labute approximate surface area is 149 Å². The van der Waals surface area contributed by atoms with Gasteiger partial charge in [0.2, 0.25) is 0 Å². The standard InChI is InChI=1S/C18H17IN2S/c19-13-6-7-16-15(10-13)14-8-9-21(18(22)17(14)20-16)11-12-4-2-1-3-5-12/h1-4,6-7,10,12,20H,5,8-9,11H2. The number of halogens is 1. The molecule has 1 N–H and O–H groups in total. The molecule has 22 heavy (non-hydrogen) atoms. The number of aromatic nitrogens is 1. The molecule has 1 unspecified atom stereocenters. The molecule has 2 nitrogen and oxygen atoms in total. The molecule has 1 atom stereocenters. The average molecular weight is 420 g/mol. The third kappa shape index (κ3) is 2.52.